The standard InChI is InChI=1S/C16H20N2O4/c1-11(14-5-4-8-22-14)17-10-16(19)18-13-9-12(20-2)6-7-15(13)21-3/h4-9,11,17H,10H2,1-3H3,(H,18,19)/t11-/m0/s1. The Bertz CT molecular complexity index is 611. The summed E-state index contributed by atoms with van der Waals surface area (Å²) >= 11 is 0. The molecule has 0 radical (unpaired) electrons. The maximum absolute atomic E-state index is 12.1. The molecular weight excluding hydrogens is 284 g/mol. The van der Waals surface area contributed by atoms with Gasteiger partial charge in [-0.2, -0.15) is 0 Å². The fourth-order valence-electron chi connectivity index (χ4n) is 1.99. The second kappa shape index (κ2) is 7.51. The van der Waals surface area contributed by atoms with Crippen molar-refractivity contribution in [1.29, 1.82) is 0 Å². The lowest BCUT2D eigenvalue weighted by molar-refractivity contribution is -0.115. The maximum atomic E-state index is 12.1. The monoisotopic (exact) mass is 304 g/mol. The highest BCUT2D eigenvalue weighted by Crippen LogP contribution is 2.28. The molecular formula is C16H20N2O4. The molecule has 1 amide bonds. The van der Waals surface area contributed by atoms with Crippen LogP contribution >= 0.6 is 0 Å². The van der Waals surface area contributed by atoms with Crippen LogP contribution in [0.4, 0.5) is 5.69 Å². The summed E-state index contributed by atoms with van der Waals surface area (Å²) in [5, 5.41) is 5.89. The minimum absolute atomic E-state index is 0.0482. The fourth-order valence-corrected chi connectivity index (χ4v) is 1.99. The van der Waals surface area contributed by atoms with Crippen molar-refractivity contribution in [2.24, 2.45) is 0 Å². The van der Waals surface area contributed by atoms with E-state index in [-0.39, 0.29) is 18.5 Å². The van der Waals surface area contributed by atoms with E-state index >= 15 is 0 Å². The van der Waals surface area contributed by atoms with E-state index in [1.54, 1.807) is 38.7 Å². The Labute approximate surface area is 129 Å². The first-order chi connectivity index (χ1) is 10.6. The number of nitrogens with one attached hydrogen (secondary N) is 2. The second-order valence-corrected chi connectivity index (χ2v) is 4.73. The molecule has 0 unspecified atom stereocenters. The van der Waals surface area contributed by atoms with Crippen LogP contribution in [0.25, 0.3) is 0 Å². The number of ether oxygens (including phenoxy) is 2. The van der Waals surface area contributed by atoms with Crippen molar-refractivity contribution in [3.63, 3.8) is 0 Å². The average molecular weight is 304 g/mol. The van der Waals surface area contributed by atoms with Gasteiger partial charge >= 0.3 is 0 Å². The van der Waals surface area contributed by atoms with Gasteiger partial charge < -0.3 is 19.2 Å². The van der Waals surface area contributed by atoms with E-state index in [0.717, 1.165) is 5.76 Å². The summed E-state index contributed by atoms with van der Waals surface area (Å²) < 4.78 is 15.7. The zero-order valence-corrected chi connectivity index (χ0v) is 12.9. The van der Waals surface area contributed by atoms with Gasteiger partial charge in [0.15, 0.2) is 0 Å². The first-order valence-electron chi connectivity index (χ1n) is 6.92. The van der Waals surface area contributed by atoms with Gasteiger partial charge in [-0.25, -0.2) is 0 Å². The van der Waals surface area contributed by atoms with Crippen molar-refractivity contribution >= 4 is 11.6 Å². The highest BCUT2D eigenvalue weighted by molar-refractivity contribution is 5.94. The largest absolute Gasteiger partial charge is 0.497 e. The summed E-state index contributed by atoms with van der Waals surface area (Å²) in [6.45, 7) is 2.08. The zero-order chi connectivity index (χ0) is 15.9. The number of furan rings is 1. The molecule has 22 heavy (non-hydrogen) atoms. The minimum Gasteiger partial charge on any atom is -0.497 e. The highest BCUT2D eigenvalue weighted by Gasteiger charge is 2.12. The van der Waals surface area contributed by atoms with Crippen LogP contribution in [0.5, 0.6) is 11.5 Å². The number of anilines is 1. The lowest BCUT2D eigenvalue weighted by atomic mass is 10.2. The summed E-state index contributed by atoms with van der Waals surface area (Å²) in [6, 6.07) is 8.86. The molecule has 2 rings (SSSR count). The molecule has 0 saturated heterocycles. The Morgan fingerprint density at radius 3 is 2.73 bits per heavy atom. The molecule has 118 valence electrons. The molecule has 1 aromatic carbocycles. The number of hydrogen-bond donors (Lipinski definition) is 2. The van der Waals surface area contributed by atoms with Gasteiger partial charge in [0.2, 0.25) is 5.91 Å². The molecule has 0 aliphatic carbocycles. The maximum Gasteiger partial charge on any atom is 0.238 e. The van der Waals surface area contributed by atoms with Crippen LogP contribution < -0.4 is 20.1 Å². The predicted molar refractivity (Wildman–Crippen MR) is 83.3 cm³/mol. The summed E-state index contributed by atoms with van der Waals surface area (Å²) in [7, 11) is 3.12. The average Bonchev–Trinajstić information content (AvgIpc) is 3.07. The molecule has 6 nitrogen and oxygen atoms in total. The Balaban J connectivity index is 1.94. The first-order valence-corrected chi connectivity index (χ1v) is 6.92. The van der Waals surface area contributed by atoms with Crippen molar-refractivity contribution in [3.8, 4) is 11.5 Å². The van der Waals surface area contributed by atoms with Crippen molar-refractivity contribution in [1.82, 2.24) is 5.32 Å². The molecule has 1 atom stereocenters. The third-order valence-electron chi connectivity index (χ3n) is 3.22. The van der Waals surface area contributed by atoms with Gasteiger partial charge in [0.05, 0.1) is 38.8 Å². The Morgan fingerprint density at radius 1 is 1.27 bits per heavy atom. The number of benzene rings is 1. The van der Waals surface area contributed by atoms with Gasteiger partial charge in [0, 0.05) is 6.07 Å². The van der Waals surface area contributed by atoms with Crippen LogP contribution in [0, 0.1) is 0 Å². The SMILES string of the molecule is COc1ccc(OC)c(NC(=O)CN[C@@H](C)c2ccco2)c1. The van der Waals surface area contributed by atoms with E-state index in [1.807, 2.05) is 19.1 Å². The normalized spacial score (nSPS) is 11.8. The van der Waals surface area contributed by atoms with Crippen molar-refractivity contribution < 1.29 is 18.7 Å². The summed E-state index contributed by atoms with van der Waals surface area (Å²) in [6.07, 6.45) is 1.61. The van der Waals surface area contributed by atoms with Gasteiger partial charge in [-0.3, -0.25) is 10.1 Å². The van der Waals surface area contributed by atoms with Crippen molar-refractivity contribution in [3.05, 3.63) is 42.4 Å². The van der Waals surface area contributed by atoms with Crippen LogP contribution in [0.3, 0.4) is 0 Å². The Morgan fingerprint density at radius 2 is 2.09 bits per heavy atom. The molecule has 1 heterocycles. The van der Waals surface area contributed by atoms with Crippen LogP contribution in [0.1, 0.15) is 18.7 Å². The molecule has 2 N–H and O–H groups in total. The van der Waals surface area contributed by atoms with E-state index < -0.39 is 0 Å². The van der Waals surface area contributed by atoms with E-state index in [4.69, 9.17) is 13.9 Å². The van der Waals surface area contributed by atoms with Crippen molar-refractivity contribution in [2.45, 2.75) is 13.0 Å². The van der Waals surface area contributed by atoms with Gasteiger partial charge in [-0.15, -0.1) is 0 Å². The molecule has 6 heteroatoms. The molecule has 0 aliphatic heterocycles. The third-order valence-corrected chi connectivity index (χ3v) is 3.22. The van der Waals surface area contributed by atoms with Crippen LogP contribution in [0.15, 0.2) is 41.0 Å². The topological polar surface area (TPSA) is 72.7 Å². The molecule has 0 bridgehead atoms. The molecule has 2 aromatic rings. The highest BCUT2D eigenvalue weighted by atomic mass is 16.5. The predicted octanol–water partition coefficient (Wildman–Crippen LogP) is 2.59. The Hall–Kier alpha value is -2.47. The molecule has 0 aliphatic rings. The van der Waals surface area contributed by atoms with E-state index in [1.165, 1.54) is 0 Å². The number of carbonyl (C=O) groups is 1. The molecule has 0 spiro atoms. The number of rotatable bonds is 7. The summed E-state index contributed by atoms with van der Waals surface area (Å²) in [5.41, 5.74) is 0.569. The number of methoxy groups -OCH3 is 2. The number of hydrogen-bond acceptors (Lipinski definition) is 5. The van der Waals surface area contributed by atoms with Gasteiger partial charge in [0.1, 0.15) is 17.3 Å². The van der Waals surface area contributed by atoms with Gasteiger partial charge in [0.25, 0.3) is 0 Å². The van der Waals surface area contributed by atoms with Crippen LogP contribution in [-0.4, -0.2) is 26.7 Å². The second-order valence-electron chi connectivity index (χ2n) is 4.73. The van der Waals surface area contributed by atoms with E-state index in [9.17, 15) is 4.79 Å². The summed E-state index contributed by atoms with van der Waals surface area (Å²) in [4.78, 5) is 12.1. The smallest absolute Gasteiger partial charge is 0.238 e. The molecule has 1 aromatic heterocycles. The number of amides is 1. The zero-order valence-electron chi connectivity index (χ0n) is 12.9. The Kier molecular flexibility index (Phi) is 5.43. The van der Waals surface area contributed by atoms with E-state index in [2.05, 4.69) is 10.6 Å². The third kappa shape index (κ3) is 4.02. The minimum atomic E-state index is -0.176. The van der Waals surface area contributed by atoms with Crippen LogP contribution in [-0.2, 0) is 4.79 Å². The fraction of sp³-hybridized carbons (Fsp3) is 0.312. The quantitative estimate of drug-likeness (QED) is 0.822. The number of carbonyl (C=O) groups excluding carboxylic acids is 1. The molecule has 0 saturated carbocycles. The van der Waals surface area contributed by atoms with Gasteiger partial charge in [-0.05, 0) is 31.2 Å². The summed E-state index contributed by atoms with van der Waals surface area (Å²) in [5.74, 6) is 1.83. The van der Waals surface area contributed by atoms with Crippen molar-refractivity contribution in [2.75, 3.05) is 26.1 Å². The lowest BCUT2D eigenvalue weighted by Crippen LogP contribution is -2.30. The van der Waals surface area contributed by atoms with E-state index in [0.29, 0.717) is 17.2 Å². The molecule has 0 fully saturated rings. The van der Waals surface area contributed by atoms with Crippen LogP contribution in [0.2, 0.25) is 0 Å². The lowest BCUT2D eigenvalue weighted by Gasteiger charge is -2.14. The first kappa shape index (κ1) is 15.9. The van der Waals surface area contributed by atoms with Gasteiger partial charge in [-0.1, -0.05) is 0 Å².